The molecular weight excluding hydrogens is 324 g/mol. The van der Waals surface area contributed by atoms with Crippen LogP contribution in [0.4, 0.5) is 4.79 Å². The third-order valence-electron chi connectivity index (χ3n) is 3.39. The van der Waals surface area contributed by atoms with E-state index in [1.54, 1.807) is 7.05 Å². The summed E-state index contributed by atoms with van der Waals surface area (Å²) in [7, 11) is 1.74. The number of ether oxygens (including phenoxy) is 3. The Morgan fingerprint density at radius 3 is 2.44 bits per heavy atom. The fraction of sp³-hybridized carbons (Fsp3) is 0.882. The van der Waals surface area contributed by atoms with Crippen LogP contribution in [0.15, 0.2) is 4.99 Å². The second kappa shape index (κ2) is 11.9. The molecule has 1 heterocycles. The molecule has 0 aromatic heterocycles. The zero-order valence-corrected chi connectivity index (χ0v) is 16.0. The lowest BCUT2D eigenvalue weighted by Gasteiger charge is -2.19. The van der Waals surface area contributed by atoms with Crippen LogP contribution >= 0.6 is 0 Å². The van der Waals surface area contributed by atoms with Gasteiger partial charge < -0.3 is 30.2 Å². The van der Waals surface area contributed by atoms with Crippen molar-refractivity contribution in [1.82, 2.24) is 16.0 Å². The molecule has 25 heavy (non-hydrogen) atoms. The Hall–Kier alpha value is -1.54. The normalized spacial score (nSPS) is 18.1. The number of alkyl carbamates (subject to hydrolysis) is 1. The van der Waals surface area contributed by atoms with Crippen LogP contribution in [0, 0.1) is 0 Å². The molecule has 0 saturated carbocycles. The molecule has 0 aromatic rings. The van der Waals surface area contributed by atoms with Gasteiger partial charge in [-0.1, -0.05) is 0 Å². The van der Waals surface area contributed by atoms with E-state index >= 15 is 0 Å². The van der Waals surface area contributed by atoms with E-state index in [1.165, 1.54) is 0 Å². The maximum absolute atomic E-state index is 11.5. The van der Waals surface area contributed by atoms with Crippen LogP contribution in [0.3, 0.4) is 0 Å². The zero-order valence-electron chi connectivity index (χ0n) is 16.0. The second-order valence-electron chi connectivity index (χ2n) is 6.92. The molecule has 0 spiro atoms. The quantitative estimate of drug-likeness (QED) is 0.326. The van der Waals surface area contributed by atoms with Crippen molar-refractivity contribution >= 4 is 12.1 Å². The van der Waals surface area contributed by atoms with Crippen molar-refractivity contribution in [1.29, 1.82) is 0 Å². The summed E-state index contributed by atoms with van der Waals surface area (Å²) in [6, 6.07) is 0. The molecule has 1 aliphatic rings. The van der Waals surface area contributed by atoms with Gasteiger partial charge >= 0.3 is 6.09 Å². The van der Waals surface area contributed by atoms with Gasteiger partial charge in [0.1, 0.15) is 5.60 Å². The van der Waals surface area contributed by atoms with Gasteiger partial charge in [-0.15, -0.1) is 0 Å². The molecule has 1 aliphatic heterocycles. The third kappa shape index (κ3) is 11.6. The summed E-state index contributed by atoms with van der Waals surface area (Å²) in [5, 5.41) is 9.18. The van der Waals surface area contributed by atoms with Crippen molar-refractivity contribution in [2.75, 3.05) is 46.5 Å². The number of hydrogen-bond donors (Lipinski definition) is 3. The highest BCUT2D eigenvalue weighted by molar-refractivity contribution is 5.79. The monoisotopic (exact) mass is 358 g/mol. The average molecular weight is 358 g/mol. The molecule has 146 valence electrons. The van der Waals surface area contributed by atoms with Gasteiger partial charge in [0, 0.05) is 39.9 Å². The number of aliphatic imine (C=N–C) groups is 1. The summed E-state index contributed by atoms with van der Waals surface area (Å²) in [5.41, 5.74) is -0.469. The highest BCUT2D eigenvalue weighted by Crippen LogP contribution is 2.08. The van der Waals surface area contributed by atoms with E-state index in [2.05, 4.69) is 20.9 Å². The number of carbonyl (C=O) groups is 1. The molecule has 1 unspecified atom stereocenters. The van der Waals surface area contributed by atoms with Gasteiger partial charge in [0.15, 0.2) is 5.96 Å². The molecule has 1 saturated heterocycles. The minimum Gasteiger partial charge on any atom is -0.444 e. The molecule has 0 radical (unpaired) electrons. The molecule has 1 fully saturated rings. The lowest BCUT2D eigenvalue weighted by molar-refractivity contribution is 0.0420. The lowest BCUT2D eigenvalue weighted by atomic mass is 10.2. The van der Waals surface area contributed by atoms with Crippen LogP contribution in [0.1, 0.15) is 40.0 Å². The van der Waals surface area contributed by atoms with Crippen LogP contribution in [0.5, 0.6) is 0 Å². The number of rotatable bonds is 9. The molecule has 0 bridgehead atoms. The van der Waals surface area contributed by atoms with Crippen LogP contribution in [0.2, 0.25) is 0 Å². The zero-order chi connectivity index (χ0) is 18.5. The highest BCUT2D eigenvalue weighted by atomic mass is 16.6. The molecule has 8 nitrogen and oxygen atoms in total. The first-order chi connectivity index (χ1) is 11.9. The van der Waals surface area contributed by atoms with Gasteiger partial charge in [0.2, 0.25) is 0 Å². The summed E-state index contributed by atoms with van der Waals surface area (Å²) < 4.78 is 16.2. The number of nitrogens with one attached hydrogen (secondary N) is 3. The largest absolute Gasteiger partial charge is 0.444 e. The van der Waals surface area contributed by atoms with Crippen LogP contribution in [0.25, 0.3) is 0 Å². The molecule has 1 atom stereocenters. The minimum atomic E-state index is -0.469. The van der Waals surface area contributed by atoms with Crippen LogP contribution in [-0.2, 0) is 14.2 Å². The van der Waals surface area contributed by atoms with Crippen molar-refractivity contribution < 1.29 is 19.0 Å². The number of nitrogens with zero attached hydrogens (tertiary/aromatic N) is 1. The molecule has 0 aliphatic carbocycles. The Bertz CT molecular complexity index is 404. The number of guanidine groups is 1. The summed E-state index contributed by atoms with van der Waals surface area (Å²) in [5.74, 6) is 0.751. The molecule has 1 amide bonds. The number of carbonyl (C=O) groups excluding carboxylic acids is 1. The summed E-state index contributed by atoms with van der Waals surface area (Å²) in [6.07, 6.45) is 2.56. The van der Waals surface area contributed by atoms with Gasteiger partial charge in [-0.25, -0.2) is 4.79 Å². The van der Waals surface area contributed by atoms with Gasteiger partial charge in [0.05, 0.1) is 12.7 Å². The first kappa shape index (κ1) is 21.5. The summed E-state index contributed by atoms with van der Waals surface area (Å²) in [4.78, 5) is 15.7. The predicted molar refractivity (Wildman–Crippen MR) is 98.0 cm³/mol. The van der Waals surface area contributed by atoms with E-state index in [-0.39, 0.29) is 12.2 Å². The van der Waals surface area contributed by atoms with Gasteiger partial charge in [-0.3, -0.25) is 4.99 Å². The standard InChI is InChI=1S/C17H34N4O4/c1-17(2,3)25-16(22)21-9-5-8-19-15(18-4)20-10-6-11-24-14-7-12-23-13-14/h14H,5-13H2,1-4H3,(H,21,22)(H2,18,19,20). The maximum atomic E-state index is 11.5. The first-order valence-corrected chi connectivity index (χ1v) is 9.01. The van der Waals surface area contributed by atoms with Crippen LogP contribution < -0.4 is 16.0 Å². The summed E-state index contributed by atoms with van der Waals surface area (Å²) >= 11 is 0. The minimum absolute atomic E-state index is 0.259. The smallest absolute Gasteiger partial charge is 0.407 e. The van der Waals surface area contributed by atoms with Gasteiger partial charge in [-0.05, 0) is 40.0 Å². The number of hydrogen-bond acceptors (Lipinski definition) is 5. The van der Waals surface area contributed by atoms with E-state index < -0.39 is 5.60 Å². The van der Waals surface area contributed by atoms with Crippen molar-refractivity contribution in [2.45, 2.75) is 51.7 Å². The van der Waals surface area contributed by atoms with Gasteiger partial charge in [-0.2, -0.15) is 0 Å². The van der Waals surface area contributed by atoms with Crippen molar-refractivity contribution in [2.24, 2.45) is 4.99 Å². The Morgan fingerprint density at radius 2 is 1.84 bits per heavy atom. The van der Waals surface area contributed by atoms with E-state index in [9.17, 15) is 4.79 Å². The summed E-state index contributed by atoms with van der Waals surface area (Å²) in [6.45, 7) is 9.84. The molecule has 3 N–H and O–H groups in total. The second-order valence-corrected chi connectivity index (χ2v) is 6.92. The van der Waals surface area contributed by atoms with Crippen molar-refractivity contribution in [3.05, 3.63) is 0 Å². The highest BCUT2D eigenvalue weighted by Gasteiger charge is 2.16. The fourth-order valence-corrected chi connectivity index (χ4v) is 2.19. The maximum Gasteiger partial charge on any atom is 0.407 e. The van der Waals surface area contributed by atoms with Gasteiger partial charge in [0.25, 0.3) is 0 Å². The fourth-order valence-electron chi connectivity index (χ4n) is 2.19. The van der Waals surface area contributed by atoms with E-state index in [0.717, 1.165) is 45.0 Å². The Labute approximate surface area is 151 Å². The Balaban J connectivity index is 1.97. The molecular formula is C17H34N4O4. The SMILES string of the molecule is CN=C(NCCCNC(=O)OC(C)(C)C)NCCCOC1CCOC1. The van der Waals surface area contributed by atoms with E-state index in [4.69, 9.17) is 14.2 Å². The first-order valence-electron chi connectivity index (χ1n) is 9.01. The number of amides is 1. The molecule has 8 heteroatoms. The predicted octanol–water partition coefficient (Wildman–Crippen LogP) is 1.26. The molecule has 1 rings (SSSR count). The third-order valence-corrected chi connectivity index (χ3v) is 3.39. The topological polar surface area (TPSA) is 93.2 Å². The van der Waals surface area contributed by atoms with Crippen molar-refractivity contribution in [3.63, 3.8) is 0 Å². The Kier molecular flexibility index (Phi) is 10.3. The van der Waals surface area contributed by atoms with Crippen LogP contribution in [-0.4, -0.2) is 70.3 Å². The van der Waals surface area contributed by atoms with E-state index in [0.29, 0.717) is 19.7 Å². The molecule has 0 aromatic carbocycles. The van der Waals surface area contributed by atoms with Crippen molar-refractivity contribution in [3.8, 4) is 0 Å². The lowest BCUT2D eigenvalue weighted by Crippen LogP contribution is -2.39. The van der Waals surface area contributed by atoms with E-state index in [1.807, 2.05) is 20.8 Å². The average Bonchev–Trinajstić information content (AvgIpc) is 3.04. The Morgan fingerprint density at radius 1 is 1.16 bits per heavy atom.